The van der Waals surface area contributed by atoms with Crippen LogP contribution in [0.5, 0.6) is 0 Å². The van der Waals surface area contributed by atoms with Gasteiger partial charge in [0, 0.05) is 36.3 Å². The highest BCUT2D eigenvalue weighted by Gasteiger charge is 2.33. The van der Waals surface area contributed by atoms with E-state index >= 15 is 0 Å². The largest absolute Gasteiger partial charge is 0.481 e. The molecule has 1 fully saturated rings. The lowest BCUT2D eigenvalue weighted by atomic mass is 10.1. The van der Waals surface area contributed by atoms with Crippen molar-refractivity contribution in [1.29, 1.82) is 0 Å². The molecule has 3 N–H and O–H groups in total. The van der Waals surface area contributed by atoms with Crippen molar-refractivity contribution >= 4 is 47.0 Å². The van der Waals surface area contributed by atoms with Crippen LogP contribution >= 0.6 is 11.6 Å². The highest BCUT2D eigenvalue weighted by Crippen LogP contribution is 2.35. The fraction of sp³-hybridized carbons (Fsp3) is 0.250. The van der Waals surface area contributed by atoms with Crippen LogP contribution in [-0.2, 0) is 11.0 Å². The van der Waals surface area contributed by atoms with Crippen molar-refractivity contribution in [2.75, 3.05) is 23.3 Å². The number of nitrogens with one attached hydrogen (secondary N) is 2. The van der Waals surface area contributed by atoms with Crippen LogP contribution in [0, 0.1) is 11.8 Å². The van der Waals surface area contributed by atoms with Crippen molar-refractivity contribution in [2.24, 2.45) is 5.10 Å². The van der Waals surface area contributed by atoms with Gasteiger partial charge < -0.3 is 15.3 Å². The first kappa shape index (κ1) is 32.1. The van der Waals surface area contributed by atoms with Crippen molar-refractivity contribution in [2.45, 2.75) is 38.3 Å². The number of piperidine rings is 1. The van der Waals surface area contributed by atoms with Gasteiger partial charge in [-0.2, -0.15) is 18.3 Å². The van der Waals surface area contributed by atoms with Crippen molar-refractivity contribution in [1.82, 2.24) is 5.43 Å². The van der Waals surface area contributed by atoms with Crippen LogP contribution in [0.1, 0.15) is 69.5 Å². The van der Waals surface area contributed by atoms with Crippen LogP contribution < -0.4 is 15.6 Å². The fourth-order valence-electron chi connectivity index (χ4n) is 4.51. The predicted molar refractivity (Wildman–Crippen MR) is 162 cm³/mol. The molecule has 0 radical (unpaired) electrons. The number of hydrogen-bond donors (Lipinski definition) is 3. The molecule has 0 atom stereocenters. The topological polar surface area (TPSA) is 111 Å². The number of benzene rings is 3. The van der Waals surface area contributed by atoms with E-state index in [0.29, 0.717) is 5.56 Å². The van der Waals surface area contributed by atoms with E-state index in [4.69, 9.17) is 16.7 Å². The van der Waals surface area contributed by atoms with Gasteiger partial charge >= 0.3 is 12.1 Å². The van der Waals surface area contributed by atoms with Crippen LogP contribution in [0.15, 0.2) is 65.8 Å². The predicted octanol–water partition coefficient (Wildman–Crippen LogP) is 6.58. The molecule has 0 unspecified atom stereocenters. The number of halogens is 4. The molecule has 3 aromatic carbocycles. The third-order valence-electron chi connectivity index (χ3n) is 6.71. The number of rotatable bonds is 8. The van der Waals surface area contributed by atoms with Crippen LogP contribution in [0.25, 0.3) is 0 Å². The number of carboxylic acid groups (broad SMARTS) is 1. The minimum absolute atomic E-state index is 0.0727. The monoisotopic (exact) mass is 624 g/mol. The van der Waals surface area contributed by atoms with Gasteiger partial charge in [-0.25, -0.2) is 5.43 Å². The smallest absolute Gasteiger partial charge is 0.417 e. The number of aliphatic carboxylic acids is 1. The number of carboxylic acids is 1. The van der Waals surface area contributed by atoms with Crippen molar-refractivity contribution in [3.63, 3.8) is 0 Å². The lowest BCUT2D eigenvalue weighted by molar-refractivity contribution is -0.138. The van der Waals surface area contributed by atoms with E-state index in [2.05, 4.69) is 32.6 Å². The van der Waals surface area contributed by atoms with Gasteiger partial charge in [-0.1, -0.05) is 35.6 Å². The second-order valence-electron chi connectivity index (χ2n) is 9.94. The molecule has 0 spiro atoms. The van der Waals surface area contributed by atoms with Crippen LogP contribution in [0.4, 0.5) is 24.5 Å². The van der Waals surface area contributed by atoms with Gasteiger partial charge in [0.05, 0.1) is 34.5 Å². The second kappa shape index (κ2) is 14.6. The number of anilines is 2. The number of hydrogen-bond acceptors (Lipinski definition) is 5. The van der Waals surface area contributed by atoms with E-state index in [1.807, 2.05) is 0 Å². The standard InChI is InChI=1S/C32H28ClF3N4O4/c33-27-13-11-22(18-26(27)32(34,35)36)20-37-39-31(44)25-19-24(40-15-4-1-5-16-40)12-14-28(25)38-30(43)23-9-6-8-21(17-23)7-2-3-10-29(41)42/h6,8-9,11-14,17-20H,1,3-5,10,15-16H2,(H,38,43)(H,39,44)(H,41,42). The molecule has 0 saturated carbocycles. The average Bonchev–Trinajstić information content (AvgIpc) is 3.00. The first-order valence-corrected chi connectivity index (χ1v) is 14.1. The molecular formula is C32H28ClF3N4O4. The molecule has 0 aliphatic carbocycles. The van der Waals surface area contributed by atoms with Crippen molar-refractivity contribution in [3.8, 4) is 11.8 Å². The van der Waals surface area contributed by atoms with Crippen molar-refractivity contribution in [3.05, 3.63) is 93.5 Å². The Bertz CT molecular complexity index is 1640. The van der Waals surface area contributed by atoms with Gasteiger partial charge in [-0.15, -0.1) is 0 Å². The maximum atomic E-state index is 13.3. The Labute approximate surface area is 256 Å². The average molecular weight is 625 g/mol. The fourth-order valence-corrected chi connectivity index (χ4v) is 4.74. The van der Waals surface area contributed by atoms with Crippen LogP contribution in [0.2, 0.25) is 5.02 Å². The normalized spacial score (nSPS) is 13.2. The van der Waals surface area contributed by atoms with E-state index in [1.165, 1.54) is 6.07 Å². The van der Waals surface area contributed by atoms with Crippen molar-refractivity contribution < 1.29 is 32.7 Å². The van der Waals surface area contributed by atoms with Gasteiger partial charge in [0.25, 0.3) is 11.8 Å². The van der Waals surface area contributed by atoms with Gasteiger partial charge in [0.1, 0.15) is 0 Å². The Kier molecular flexibility index (Phi) is 10.6. The third kappa shape index (κ3) is 8.84. The van der Waals surface area contributed by atoms with Gasteiger partial charge in [-0.3, -0.25) is 14.4 Å². The Morgan fingerprint density at radius 1 is 1.00 bits per heavy atom. The number of nitrogens with zero attached hydrogens (tertiary/aromatic N) is 2. The molecule has 2 amide bonds. The zero-order chi connectivity index (χ0) is 31.7. The zero-order valence-electron chi connectivity index (χ0n) is 23.4. The molecule has 1 saturated heterocycles. The number of alkyl halides is 3. The number of carbonyl (C=O) groups is 3. The van der Waals surface area contributed by atoms with E-state index in [-0.39, 0.29) is 35.2 Å². The summed E-state index contributed by atoms with van der Waals surface area (Å²) in [6.45, 7) is 1.62. The molecule has 1 aliphatic heterocycles. The molecule has 1 heterocycles. The van der Waals surface area contributed by atoms with Crippen LogP contribution in [-0.4, -0.2) is 42.2 Å². The molecule has 8 nitrogen and oxygen atoms in total. The first-order valence-electron chi connectivity index (χ1n) is 13.7. The summed E-state index contributed by atoms with van der Waals surface area (Å²) < 4.78 is 39.7. The maximum Gasteiger partial charge on any atom is 0.417 e. The first-order chi connectivity index (χ1) is 21.0. The summed E-state index contributed by atoms with van der Waals surface area (Å²) in [4.78, 5) is 39.3. The SMILES string of the molecule is O=C(O)CCC#Cc1cccc(C(=O)Nc2ccc(N3CCCCC3)cc2C(=O)NN=Cc2ccc(Cl)c(C(F)(F)F)c2)c1. The van der Waals surface area contributed by atoms with E-state index in [9.17, 15) is 27.6 Å². The van der Waals surface area contributed by atoms with Gasteiger partial charge in [0.2, 0.25) is 0 Å². The summed E-state index contributed by atoms with van der Waals surface area (Å²) in [7, 11) is 0. The maximum absolute atomic E-state index is 13.3. The quantitative estimate of drug-likeness (QED) is 0.149. The van der Waals surface area contributed by atoms with E-state index in [0.717, 1.165) is 56.4 Å². The summed E-state index contributed by atoms with van der Waals surface area (Å²) in [6.07, 6.45) is -0.405. The Morgan fingerprint density at radius 3 is 2.50 bits per heavy atom. The Balaban J connectivity index is 1.56. The highest BCUT2D eigenvalue weighted by molar-refractivity contribution is 6.31. The Hall–Kier alpha value is -4.82. The zero-order valence-corrected chi connectivity index (χ0v) is 24.1. The van der Waals surface area contributed by atoms with E-state index < -0.39 is 34.5 Å². The lowest BCUT2D eigenvalue weighted by Crippen LogP contribution is -2.30. The molecule has 3 aromatic rings. The Morgan fingerprint density at radius 2 is 1.77 bits per heavy atom. The highest BCUT2D eigenvalue weighted by atomic mass is 35.5. The molecule has 1 aliphatic rings. The minimum atomic E-state index is -4.65. The third-order valence-corrected chi connectivity index (χ3v) is 7.04. The molecule has 228 valence electrons. The molecule has 4 rings (SSSR count). The summed E-state index contributed by atoms with van der Waals surface area (Å²) in [5.41, 5.74) is 3.26. The summed E-state index contributed by atoms with van der Waals surface area (Å²) in [5.74, 6) is 3.45. The number of carbonyl (C=O) groups excluding carboxylic acids is 2. The lowest BCUT2D eigenvalue weighted by Gasteiger charge is -2.29. The molecule has 0 bridgehead atoms. The summed E-state index contributed by atoms with van der Waals surface area (Å²) >= 11 is 5.68. The molecule has 44 heavy (non-hydrogen) atoms. The van der Waals surface area contributed by atoms with Gasteiger partial charge in [0.15, 0.2) is 0 Å². The molecule has 12 heteroatoms. The van der Waals surface area contributed by atoms with Gasteiger partial charge in [-0.05, 0) is 73.4 Å². The second-order valence-corrected chi connectivity index (χ2v) is 10.4. The number of amides is 2. The summed E-state index contributed by atoms with van der Waals surface area (Å²) in [6, 6.07) is 14.8. The summed E-state index contributed by atoms with van der Waals surface area (Å²) in [5, 5.41) is 14.9. The molecule has 0 aromatic heterocycles. The molecular weight excluding hydrogens is 597 g/mol. The number of hydrazone groups is 1. The van der Waals surface area contributed by atoms with E-state index in [1.54, 1.807) is 42.5 Å². The minimum Gasteiger partial charge on any atom is -0.481 e. The van der Waals surface area contributed by atoms with Crippen LogP contribution in [0.3, 0.4) is 0 Å².